The van der Waals surface area contributed by atoms with E-state index < -0.39 is 38.8 Å². The zero-order valence-corrected chi connectivity index (χ0v) is 15.4. The van der Waals surface area contributed by atoms with E-state index in [1.807, 2.05) is 0 Å². The van der Waals surface area contributed by atoms with E-state index in [2.05, 4.69) is 4.28 Å². The summed E-state index contributed by atoms with van der Waals surface area (Å²) in [4.78, 5) is 47.1. The molecule has 4 aliphatic carbocycles. The number of ether oxygens (including phenoxy) is 1. The first kappa shape index (κ1) is 19.4. The summed E-state index contributed by atoms with van der Waals surface area (Å²) in [6.07, 6.45) is 0.934. The maximum atomic E-state index is 14.4. The number of rotatable bonds is 5. The molecule has 1 saturated heterocycles. The minimum Gasteiger partial charge on any atom is -0.454 e. The summed E-state index contributed by atoms with van der Waals surface area (Å²) in [7, 11) is -5.99. The average Bonchev–Trinajstić information content (AvgIpc) is 2.90. The van der Waals surface area contributed by atoms with Crippen LogP contribution in [-0.4, -0.2) is 47.9 Å². The summed E-state index contributed by atoms with van der Waals surface area (Å²) >= 11 is 0. The number of imide groups is 1. The van der Waals surface area contributed by atoms with Crippen molar-refractivity contribution in [3.63, 3.8) is 0 Å². The zero-order valence-electron chi connectivity index (χ0n) is 14.6. The standard InChI is InChI=1S/C16H17F2NO8S/c17-16(18,28(24,25)27-19-11(20)1-2-12(19)21)14(23)26-15-5-8-3-9(6-15)13(22)10(4-8)7-15/h8-10H,1-7H2. The van der Waals surface area contributed by atoms with E-state index in [-0.39, 0.29) is 54.3 Å². The third-order valence-corrected chi connectivity index (χ3v) is 7.12. The molecule has 1 heterocycles. The second kappa shape index (κ2) is 6.02. The highest BCUT2D eigenvalue weighted by Gasteiger charge is 2.63. The number of esters is 1. The molecule has 2 atom stereocenters. The molecule has 28 heavy (non-hydrogen) atoms. The molecule has 9 nitrogen and oxygen atoms in total. The molecule has 154 valence electrons. The molecule has 0 aromatic carbocycles. The number of carbonyl (C=O) groups is 4. The molecule has 2 amide bonds. The van der Waals surface area contributed by atoms with Crippen molar-refractivity contribution < 1.29 is 45.4 Å². The van der Waals surface area contributed by atoms with Crippen molar-refractivity contribution in [2.75, 3.05) is 0 Å². The third kappa shape index (κ3) is 2.84. The number of ketones is 1. The van der Waals surface area contributed by atoms with Gasteiger partial charge in [0, 0.05) is 24.7 Å². The van der Waals surface area contributed by atoms with Gasteiger partial charge in [0.2, 0.25) is 0 Å². The summed E-state index contributed by atoms with van der Waals surface area (Å²) in [5, 5.41) is -5.40. The van der Waals surface area contributed by atoms with Crippen molar-refractivity contribution in [3.05, 3.63) is 0 Å². The molecule has 0 aromatic heterocycles. The molecule has 4 bridgehead atoms. The van der Waals surface area contributed by atoms with Gasteiger partial charge in [0.15, 0.2) is 0 Å². The fourth-order valence-corrected chi connectivity index (χ4v) is 5.64. The van der Waals surface area contributed by atoms with Gasteiger partial charge in [0.25, 0.3) is 11.8 Å². The van der Waals surface area contributed by atoms with Crippen LogP contribution in [-0.2, 0) is 38.3 Å². The number of nitrogens with zero attached hydrogens (tertiary/aromatic N) is 1. The highest BCUT2D eigenvalue weighted by atomic mass is 32.2. The Balaban J connectivity index is 1.51. The number of Topliss-reactive ketones (excluding diaryl/α,β-unsaturated/α-hetero) is 1. The second-order valence-corrected chi connectivity index (χ2v) is 9.52. The SMILES string of the molecule is O=C1C2CC3CC1CC(OC(=O)C(F)(F)S(=O)(=O)ON1C(=O)CCC1=O)(C3)C2. The smallest absolute Gasteiger partial charge is 0.454 e. The lowest BCUT2D eigenvalue weighted by molar-refractivity contribution is -0.203. The Labute approximate surface area is 158 Å². The molecule has 2 unspecified atom stereocenters. The van der Waals surface area contributed by atoms with Crippen LogP contribution in [0.1, 0.15) is 44.9 Å². The van der Waals surface area contributed by atoms with E-state index in [9.17, 15) is 36.4 Å². The molecule has 5 rings (SSSR count). The van der Waals surface area contributed by atoms with E-state index >= 15 is 0 Å². The van der Waals surface area contributed by atoms with E-state index in [4.69, 9.17) is 4.74 Å². The van der Waals surface area contributed by atoms with Gasteiger partial charge in [-0.05, 0) is 38.0 Å². The molecule has 4 saturated carbocycles. The molecule has 0 spiro atoms. The molecule has 5 aliphatic rings. The van der Waals surface area contributed by atoms with Crippen molar-refractivity contribution in [1.82, 2.24) is 5.06 Å². The molecule has 0 N–H and O–H groups in total. The summed E-state index contributed by atoms with van der Waals surface area (Å²) in [6, 6.07) is 0. The Morgan fingerprint density at radius 2 is 1.57 bits per heavy atom. The van der Waals surface area contributed by atoms with Crippen LogP contribution >= 0.6 is 0 Å². The molecular weight excluding hydrogens is 404 g/mol. The third-order valence-electron chi connectivity index (χ3n) is 5.98. The van der Waals surface area contributed by atoms with Crippen molar-refractivity contribution >= 4 is 33.7 Å². The van der Waals surface area contributed by atoms with Gasteiger partial charge in [-0.25, -0.2) is 4.79 Å². The molecule has 5 fully saturated rings. The van der Waals surface area contributed by atoms with Crippen LogP contribution < -0.4 is 0 Å². The van der Waals surface area contributed by atoms with Crippen molar-refractivity contribution in [2.45, 2.75) is 55.8 Å². The maximum absolute atomic E-state index is 14.4. The number of alkyl halides is 2. The van der Waals surface area contributed by atoms with Crippen LogP contribution in [0, 0.1) is 17.8 Å². The quantitative estimate of drug-likeness (QED) is 0.469. The average molecular weight is 421 g/mol. The van der Waals surface area contributed by atoms with Crippen LogP contribution in [0.4, 0.5) is 8.78 Å². The van der Waals surface area contributed by atoms with Gasteiger partial charge in [-0.2, -0.15) is 17.2 Å². The minimum absolute atomic E-state index is 0.0383. The van der Waals surface area contributed by atoms with Gasteiger partial charge in [-0.1, -0.05) is 0 Å². The largest absolute Gasteiger partial charge is 0.468 e. The first-order valence-electron chi connectivity index (χ1n) is 8.89. The van der Waals surface area contributed by atoms with Gasteiger partial charge in [0.05, 0.1) is 0 Å². The minimum atomic E-state index is -5.99. The first-order valence-corrected chi connectivity index (χ1v) is 10.3. The van der Waals surface area contributed by atoms with Crippen LogP contribution in [0.25, 0.3) is 0 Å². The molecule has 12 heteroatoms. The normalized spacial score (nSPS) is 35.0. The molecule has 1 aliphatic heterocycles. The number of carbonyl (C=O) groups excluding carboxylic acids is 4. The lowest BCUT2D eigenvalue weighted by Gasteiger charge is -2.54. The Hall–Kier alpha value is -1.95. The van der Waals surface area contributed by atoms with Crippen LogP contribution in [0.3, 0.4) is 0 Å². The van der Waals surface area contributed by atoms with Gasteiger partial charge in [-0.3, -0.25) is 14.4 Å². The van der Waals surface area contributed by atoms with E-state index in [1.54, 1.807) is 0 Å². The number of halogens is 2. The Bertz CT molecular complexity index is 851. The fraction of sp³-hybridized carbons (Fsp3) is 0.750. The lowest BCUT2D eigenvalue weighted by atomic mass is 9.53. The number of hydrogen-bond donors (Lipinski definition) is 0. The summed E-state index contributed by atoms with van der Waals surface area (Å²) in [5.41, 5.74) is -1.31. The highest BCUT2D eigenvalue weighted by Crippen LogP contribution is 2.56. The number of hydroxylamine groups is 2. The van der Waals surface area contributed by atoms with Crippen molar-refractivity contribution in [3.8, 4) is 0 Å². The topological polar surface area (TPSA) is 124 Å². The van der Waals surface area contributed by atoms with Crippen LogP contribution in [0.15, 0.2) is 0 Å². The van der Waals surface area contributed by atoms with Gasteiger partial charge < -0.3 is 4.74 Å². The Kier molecular flexibility index (Phi) is 4.17. The highest BCUT2D eigenvalue weighted by molar-refractivity contribution is 7.88. The predicted molar refractivity (Wildman–Crippen MR) is 83.4 cm³/mol. The van der Waals surface area contributed by atoms with Gasteiger partial charge >= 0.3 is 21.3 Å². The summed E-state index contributed by atoms with van der Waals surface area (Å²) < 4.78 is 61.5. The number of hydrogen-bond acceptors (Lipinski definition) is 8. The summed E-state index contributed by atoms with van der Waals surface area (Å²) in [5.74, 6) is -5.18. The molecular formula is C16H17F2NO8S. The summed E-state index contributed by atoms with van der Waals surface area (Å²) in [6.45, 7) is 0. The maximum Gasteiger partial charge on any atom is 0.468 e. The molecule has 0 aromatic rings. The van der Waals surface area contributed by atoms with Gasteiger partial charge in [0.1, 0.15) is 11.4 Å². The lowest BCUT2D eigenvalue weighted by Crippen LogP contribution is -2.58. The van der Waals surface area contributed by atoms with Crippen LogP contribution in [0.2, 0.25) is 0 Å². The molecule has 0 radical (unpaired) electrons. The van der Waals surface area contributed by atoms with Crippen molar-refractivity contribution in [1.29, 1.82) is 0 Å². The second-order valence-electron chi connectivity index (χ2n) is 7.95. The van der Waals surface area contributed by atoms with Gasteiger partial charge in [-0.15, -0.1) is 9.35 Å². The Morgan fingerprint density at radius 3 is 2.11 bits per heavy atom. The fourth-order valence-electron chi connectivity index (χ4n) is 4.94. The zero-order chi connectivity index (χ0) is 20.5. The first-order chi connectivity index (χ1) is 12.9. The monoisotopic (exact) mass is 421 g/mol. The Morgan fingerprint density at radius 1 is 1.04 bits per heavy atom. The number of amides is 2. The van der Waals surface area contributed by atoms with E-state index in [0.29, 0.717) is 19.3 Å². The van der Waals surface area contributed by atoms with E-state index in [0.717, 1.165) is 0 Å². The predicted octanol–water partition coefficient (Wildman–Crippen LogP) is 0.681. The van der Waals surface area contributed by atoms with Crippen LogP contribution in [0.5, 0.6) is 0 Å². The van der Waals surface area contributed by atoms with E-state index in [1.165, 1.54) is 0 Å². The van der Waals surface area contributed by atoms with Crippen molar-refractivity contribution in [2.24, 2.45) is 17.8 Å².